The molecule has 2 rings (SSSR count). The van der Waals surface area contributed by atoms with Gasteiger partial charge in [-0.3, -0.25) is 0 Å². The summed E-state index contributed by atoms with van der Waals surface area (Å²) in [5.41, 5.74) is 2.69. The fraction of sp³-hybridized carbons (Fsp3) is 0.222. The maximum Gasteiger partial charge on any atom is 0.0527 e. The Balaban J connectivity index is 2.86. The van der Waals surface area contributed by atoms with Crippen molar-refractivity contribution in [2.45, 2.75) is 6.92 Å². The third kappa shape index (κ3) is 1.06. The van der Waals surface area contributed by atoms with Crippen LogP contribution in [0.4, 0.5) is 0 Å². The van der Waals surface area contributed by atoms with E-state index in [1.54, 1.807) is 0 Å². The van der Waals surface area contributed by atoms with E-state index in [-0.39, 0.29) is 0 Å². The largest absolute Gasteiger partial charge is 0.346 e. The van der Waals surface area contributed by atoms with Crippen molar-refractivity contribution in [3.05, 3.63) is 29.7 Å². The molecule has 0 saturated heterocycles. The fourth-order valence-corrected chi connectivity index (χ4v) is 2.31. The van der Waals surface area contributed by atoms with Crippen LogP contribution in [-0.4, -0.2) is 4.57 Å². The lowest BCUT2D eigenvalue weighted by Gasteiger charge is -1.95. The number of aryl methyl sites for hydroxylation is 2. The summed E-state index contributed by atoms with van der Waals surface area (Å²) in [7, 11) is 3.42. The summed E-state index contributed by atoms with van der Waals surface area (Å²) in [6.45, 7) is 2.13. The number of fused-ring (bicyclic) bond motifs is 1. The van der Waals surface area contributed by atoms with Gasteiger partial charge in [-0.2, -0.15) is 0 Å². The van der Waals surface area contributed by atoms with Crippen molar-refractivity contribution >= 4 is 18.8 Å². The Bertz CT molecular complexity index is 389. The van der Waals surface area contributed by atoms with E-state index in [0.717, 1.165) is 0 Å². The van der Waals surface area contributed by atoms with Gasteiger partial charge in [0.1, 0.15) is 0 Å². The monoisotopic (exact) mass is 163 g/mol. The topological polar surface area (TPSA) is 4.93 Å². The summed E-state index contributed by atoms with van der Waals surface area (Å²) >= 11 is 0. The Morgan fingerprint density at radius 3 is 3.00 bits per heavy atom. The van der Waals surface area contributed by atoms with Gasteiger partial charge in [-0.25, -0.2) is 0 Å². The molecule has 11 heavy (non-hydrogen) atoms. The minimum Gasteiger partial charge on any atom is -0.346 e. The molecule has 0 bridgehead atoms. The molecule has 2 aromatic rings. The van der Waals surface area contributed by atoms with E-state index in [1.165, 1.54) is 24.4 Å². The molecule has 0 unspecified atom stereocenters. The smallest absolute Gasteiger partial charge is 0.0527 e. The first-order valence-electron chi connectivity index (χ1n) is 3.65. The number of hydrogen-bond donors (Lipinski definition) is 0. The molecule has 1 aromatic carbocycles. The zero-order chi connectivity index (χ0) is 7.84. The van der Waals surface area contributed by atoms with Crippen molar-refractivity contribution in [1.29, 1.82) is 0 Å². The van der Waals surface area contributed by atoms with E-state index in [4.69, 9.17) is 0 Å². The zero-order valence-corrected chi connectivity index (χ0v) is 7.60. The summed E-state index contributed by atoms with van der Waals surface area (Å²) in [4.78, 5) is 0. The van der Waals surface area contributed by atoms with Crippen LogP contribution in [0.3, 0.4) is 0 Å². The average molecular weight is 163 g/mol. The predicted octanol–water partition coefficient (Wildman–Crippen LogP) is 3.07. The van der Waals surface area contributed by atoms with Gasteiger partial charge in [0.25, 0.3) is 0 Å². The van der Waals surface area contributed by atoms with Crippen molar-refractivity contribution in [2.24, 2.45) is 7.05 Å². The van der Waals surface area contributed by atoms with Crippen molar-refractivity contribution in [2.75, 3.05) is 0 Å². The second-order valence-corrected chi connectivity index (χ2v) is 3.82. The molecule has 0 amide bonds. The molecule has 0 saturated carbocycles. The van der Waals surface area contributed by atoms with E-state index >= 15 is 0 Å². The molecule has 1 nitrogen and oxygen atoms in total. The third-order valence-corrected chi connectivity index (χ3v) is 2.98. The molecule has 1 heterocycles. The number of aromatic nitrogens is 1. The van der Waals surface area contributed by atoms with Gasteiger partial charge in [0, 0.05) is 18.1 Å². The van der Waals surface area contributed by atoms with Crippen LogP contribution in [0.1, 0.15) is 5.56 Å². The van der Waals surface area contributed by atoms with E-state index in [2.05, 4.69) is 42.7 Å². The van der Waals surface area contributed by atoms with Gasteiger partial charge in [0.05, 0.1) is 5.52 Å². The van der Waals surface area contributed by atoms with Crippen LogP contribution in [0.2, 0.25) is 0 Å². The van der Waals surface area contributed by atoms with E-state index in [9.17, 15) is 0 Å². The summed E-state index contributed by atoms with van der Waals surface area (Å²) < 4.78 is 2.18. The Labute approximate surface area is 67.8 Å². The second-order valence-electron chi connectivity index (χ2n) is 2.85. The van der Waals surface area contributed by atoms with Gasteiger partial charge in [-0.15, -0.1) is 0 Å². The molecule has 0 radical (unpaired) electrons. The fourth-order valence-electron chi connectivity index (χ4n) is 1.25. The SMILES string of the molecule is Cc1ccc2c(c1)pcn2C. The molecular formula is C9H10NP. The maximum atomic E-state index is 2.25. The number of nitrogens with zero attached hydrogens (tertiary/aromatic N) is 1. The minimum atomic E-state index is 1.32. The summed E-state index contributed by atoms with van der Waals surface area (Å²) in [5, 5.41) is 1.42. The van der Waals surface area contributed by atoms with Crippen LogP contribution in [-0.2, 0) is 7.05 Å². The molecule has 0 fully saturated rings. The molecule has 0 aliphatic heterocycles. The first kappa shape index (κ1) is 6.87. The maximum absolute atomic E-state index is 2.25. The molecule has 56 valence electrons. The zero-order valence-electron chi connectivity index (χ0n) is 6.70. The normalized spacial score (nSPS) is 11.5. The second kappa shape index (κ2) is 2.35. The molecule has 0 atom stereocenters. The molecule has 0 spiro atoms. The Morgan fingerprint density at radius 1 is 1.36 bits per heavy atom. The number of rotatable bonds is 0. The molecule has 0 aliphatic rings. The van der Waals surface area contributed by atoms with Gasteiger partial charge in [0.15, 0.2) is 0 Å². The van der Waals surface area contributed by atoms with Crippen molar-refractivity contribution in [3.63, 3.8) is 0 Å². The summed E-state index contributed by atoms with van der Waals surface area (Å²) in [6.07, 6.45) is 0. The van der Waals surface area contributed by atoms with E-state index in [1.807, 2.05) is 0 Å². The quantitative estimate of drug-likeness (QED) is 0.562. The number of hydrogen-bond acceptors (Lipinski definition) is 0. The van der Waals surface area contributed by atoms with E-state index in [0.29, 0.717) is 0 Å². The van der Waals surface area contributed by atoms with E-state index < -0.39 is 0 Å². The van der Waals surface area contributed by atoms with Crippen LogP contribution < -0.4 is 0 Å². The van der Waals surface area contributed by atoms with Gasteiger partial charge >= 0.3 is 0 Å². The Morgan fingerprint density at radius 2 is 2.18 bits per heavy atom. The molecule has 0 N–H and O–H groups in total. The lowest BCUT2D eigenvalue weighted by Crippen LogP contribution is -1.82. The highest BCUT2D eigenvalue weighted by atomic mass is 31.0. The van der Waals surface area contributed by atoms with Gasteiger partial charge < -0.3 is 4.57 Å². The summed E-state index contributed by atoms with van der Waals surface area (Å²) in [5.74, 6) is 2.18. The molecule has 2 heteroatoms. The Kier molecular flexibility index (Phi) is 1.47. The lowest BCUT2D eigenvalue weighted by atomic mass is 10.2. The highest BCUT2D eigenvalue weighted by Crippen LogP contribution is 2.24. The van der Waals surface area contributed by atoms with Gasteiger partial charge in [-0.05, 0) is 27.2 Å². The van der Waals surface area contributed by atoms with Crippen molar-refractivity contribution in [3.8, 4) is 0 Å². The Hall–Kier alpha value is -0.810. The van der Waals surface area contributed by atoms with Crippen LogP contribution in [0, 0.1) is 6.92 Å². The van der Waals surface area contributed by atoms with Crippen LogP contribution in [0.5, 0.6) is 0 Å². The molecular weight excluding hydrogens is 153 g/mol. The average Bonchev–Trinajstić information content (AvgIpc) is 2.32. The third-order valence-electron chi connectivity index (χ3n) is 1.88. The first-order valence-corrected chi connectivity index (χ1v) is 4.61. The highest BCUT2D eigenvalue weighted by molar-refractivity contribution is 7.36. The highest BCUT2D eigenvalue weighted by Gasteiger charge is 1.96. The minimum absolute atomic E-state index is 1.32. The predicted molar refractivity (Wildman–Crippen MR) is 50.2 cm³/mol. The van der Waals surface area contributed by atoms with Crippen LogP contribution in [0.25, 0.3) is 10.6 Å². The van der Waals surface area contributed by atoms with Crippen molar-refractivity contribution < 1.29 is 0 Å². The van der Waals surface area contributed by atoms with Gasteiger partial charge in [0.2, 0.25) is 0 Å². The number of benzene rings is 1. The molecule has 1 aromatic heterocycles. The molecule has 0 aliphatic carbocycles. The van der Waals surface area contributed by atoms with Crippen LogP contribution >= 0.6 is 8.19 Å². The summed E-state index contributed by atoms with van der Waals surface area (Å²) in [6, 6.07) is 6.59. The standard InChI is InChI=1S/C9H10NP/c1-7-3-4-8-9(5-7)11-6-10(8)2/h3-6H,1-2H3. The lowest BCUT2D eigenvalue weighted by molar-refractivity contribution is 0.978. The van der Waals surface area contributed by atoms with Gasteiger partial charge in [-0.1, -0.05) is 11.6 Å². The first-order chi connectivity index (χ1) is 5.27. The van der Waals surface area contributed by atoms with Crippen LogP contribution in [0.15, 0.2) is 24.1 Å². The van der Waals surface area contributed by atoms with Crippen molar-refractivity contribution in [1.82, 2.24) is 4.57 Å².